The number of hydrogen-bond donors (Lipinski definition) is 4. The first-order valence-corrected chi connectivity index (χ1v) is 10.6. The van der Waals surface area contributed by atoms with E-state index in [9.17, 15) is 13.2 Å². The highest BCUT2D eigenvalue weighted by molar-refractivity contribution is 7.90. The van der Waals surface area contributed by atoms with Gasteiger partial charge in [0.2, 0.25) is 0 Å². The van der Waals surface area contributed by atoms with E-state index in [4.69, 9.17) is 5.41 Å². The number of carbonyl (C=O) groups excluding carboxylic acids is 1. The van der Waals surface area contributed by atoms with E-state index in [-0.39, 0.29) is 16.6 Å². The maximum absolute atomic E-state index is 12.5. The number of sulfone groups is 1. The Morgan fingerprint density at radius 1 is 1.07 bits per heavy atom. The highest BCUT2D eigenvalue weighted by Gasteiger charge is 2.13. The van der Waals surface area contributed by atoms with Crippen LogP contribution in [-0.2, 0) is 9.84 Å². The molecule has 0 saturated heterocycles. The van der Waals surface area contributed by atoms with Gasteiger partial charge in [0.05, 0.1) is 10.6 Å². The Morgan fingerprint density at radius 2 is 1.76 bits per heavy atom. The molecule has 0 atom stereocenters. The molecule has 4 N–H and O–H groups in total. The molecule has 29 heavy (non-hydrogen) atoms. The van der Waals surface area contributed by atoms with Crippen molar-refractivity contribution in [2.45, 2.75) is 18.7 Å². The third-order valence-corrected chi connectivity index (χ3v) is 5.33. The summed E-state index contributed by atoms with van der Waals surface area (Å²) < 4.78 is 23.4. The standard InChI is InChI=1S/C20H21N5O3S/c1-12(24-25-13(2)21)14-4-7-16(8-5-14)22-20(26)19-10-15-6-9-17(29(3,27)28)11-18(15)23-19/h4-11,23H,1-3H3,(H2,21,25)(H,22,26)/b24-12+. The van der Waals surface area contributed by atoms with Crippen molar-refractivity contribution in [3.05, 3.63) is 59.8 Å². The summed E-state index contributed by atoms with van der Waals surface area (Å²) in [7, 11) is -3.32. The second kappa shape index (κ2) is 7.88. The van der Waals surface area contributed by atoms with Crippen molar-refractivity contribution in [2.75, 3.05) is 11.6 Å². The average Bonchev–Trinajstić information content (AvgIpc) is 3.09. The molecule has 0 aliphatic rings. The Labute approximate surface area is 168 Å². The van der Waals surface area contributed by atoms with Crippen molar-refractivity contribution in [3.8, 4) is 0 Å². The van der Waals surface area contributed by atoms with E-state index in [1.807, 2.05) is 19.1 Å². The smallest absolute Gasteiger partial charge is 0.272 e. The number of H-pyrrole nitrogens is 1. The molecule has 2 aromatic carbocycles. The highest BCUT2D eigenvalue weighted by atomic mass is 32.2. The maximum atomic E-state index is 12.5. The number of anilines is 1. The fraction of sp³-hybridized carbons (Fsp3) is 0.150. The lowest BCUT2D eigenvalue weighted by Crippen LogP contribution is -2.14. The molecule has 1 aromatic heterocycles. The largest absolute Gasteiger partial charge is 0.350 e. The van der Waals surface area contributed by atoms with Crippen LogP contribution in [0.5, 0.6) is 0 Å². The van der Waals surface area contributed by atoms with Crippen LogP contribution in [0.3, 0.4) is 0 Å². The summed E-state index contributed by atoms with van der Waals surface area (Å²) in [6.07, 6.45) is 1.14. The van der Waals surface area contributed by atoms with Crippen molar-refractivity contribution >= 4 is 43.9 Å². The van der Waals surface area contributed by atoms with E-state index in [0.29, 0.717) is 22.6 Å². The molecule has 9 heteroatoms. The molecule has 8 nitrogen and oxygen atoms in total. The number of benzene rings is 2. The van der Waals surface area contributed by atoms with E-state index < -0.39 is 9.84 Å². The third kappa shape index (κ3) is 4.88. The van der Waals surface area contributed by atoms with E-state index in [1.165, 1.54) is 12.1 Å². The van der Waals surface area contributed by atoms with Gasteiger partial charge in [-0.1, -0.05) is 18.2 Å². The van der Waals surface area contributed by atoms with E-state index in [1.54, 1.807) is 31.2 Å². The summed E-state index contributed by atoms with van der Waals surface area (Å²) in [5, 5.41) is 15.0. The van der Waals surface area contributed by atoms with Crippen molar-refractivity contribution in [1.82, 2.24) is 10.4 Å². The maximum Gasteiger partial charge on any atom is 0.272 e. The Hall–Kier alpha value is -3.46. The lowest BCUT2D eigenvalue weighted by atomic mass is 10.1. The summed E-state index contributed by atoms with van der Waals surface area (Å²) in [5.41, 5.74) is 5.69. The van der Waals surface area contributed by atoms with E-state index in [2.05, 4.69) is 20.8 Å². The first-order valence-electron chi connectivity index (χ1n) is 8.73. The van der Waals surface area contributed by atoms with Gasteiger partial charge in [-0.3, -0.25) is 15.6 Å². The fourth-order valence-electron chi connectivity index (χ4n) is 2.68. The van der Waals surface area contributed by atoms with Gasteiger partial charge in [-0.2, -0.15) is 5.10 Å². The van der Waals surface area contributed by atoms with Crippen LogP contribution >= 0.6 is 0 Å². The number of amides is 1. The monoisotopic (exact) mass is 411 g/mol. The number of nitrogens with zero attached hydrogens (tertiary/aromatic N) is 1. The number of rotatable bonds is 5. The molecule has 0 aliphatic carbocycles. The van der Waals surface area contributed by atoms with Gasteiger partial charge in [0.1, 0.15) is 11.5 Å². The topological polar surface area (TPSA) is 127 Å². The van der Waals surface area contributed by atoms with Gasteiger partial charge in [0, 0.05) is 22.8 Å². The van der Waals surface area contributed by atoms with Crippen molar-refractivity contribution in [2.24, 2.45) is 5.10 Å². The molecule has 0 saturated carbocycles. The lowest BCUT2D eigenvalue weighted by Gasteiger charge is -2.06. The second-order valence-corrected chi connectivity index (χ2v) is 8.69. The molecule has 1 amide bonds. The molecule has 3 rings (SSSR count). The molecule has 1 heterocycles. The summed E-state index contributed by atoms with van der Waals surface area (Å²) in [4.78, 5) is 15.7. The predicted molar refractivity (Wildman–Crippen MR) is 115 cm³/mol. The molecule has 150 valence electrons. The molecule has 0 bridgehead atoms. The number of nitrogens with one attached hydrogen (secondary N) is 4. The van der Waals surface area contributed by atoms with Gasteiger partial charge in [0.15, 0.2) is 9.84 Å². The van der Waals surface area contributed by atoms with Crippen LogP contribution < -0.4 is 10.7 Å². The number of aromatic nitrogens is 1. The van der Waals surface area contributed by atoms with E-state index in [0.717, 1.165) is 17.2 Å². The molecule has 0 aliphatic heterocycles. The summed E-state index contributed by atoms with van der Waals surface area (Å²) >= 11 is 0. The van der Waals surface area contributed by atoms with Crippen molar-refractivity contribution < 1.29 is 13.2 Å². The third-order valence-electron chi connectivity index (χ3n) is 4.22. The Balaban J connectivity index is 1.76. The number of fused-ring (bicyclic) bond motifs is 1. The normalized spacial score (nSPS) is 12.0. The van der Waals surface area contributed by atoms with Crippen LogP contribution in [0.25, 0.3) is 10.9 Å². The minimum absolute atomic E-state index is 0.194. The minimum Gasteiger partial charge on any atom is -0.350 e. The molecule has 0 fully saturated rings. The van der Waals surface area contributed by atoms with Crippen LogP contribution in [0, 0.1) is 5.41 Å². The Bertz CT molecular complexity index is 1220. The highest BCUT2D eigenvalue weighted by Crippen LogP contribution is 2.21. The number of hydrogen-bond acceptors (Lipinski definition) is 5. The summed E-state index contributed by atoms with van der Waals surface area (Å²) in [6, 6.07) is 13.5. The van der Waals surface area contributed by atoms with Gasteiger partial charge in [-0.05, 0) is 49.7 Å². The zero-order valence-electron chi connectivity index (χ0n) is 16.2. The first-order chi connectivity index (χ1) is 13.6. The number of aromatic amines is 1. The number of amidine groups is 1. The zero-order valence-corrected chi connectivity index (χ0v) is 17.0. The molecule has 0 radical (unpaired) electrons. The van der Waals surface area contributed by atoms with Crippen LogP contribution in [-0.4, -0.2) is 37.1 Å². The molecular formula is C20H21N5O3S. The Morgan fingerprint density at radius 3 is 2.38 bits per heavy atom. The fourth-order valence-corrected chi connectivity index (χ4v) is 3.33. The predicted octanol–water partition coefficient (Wildman–Crippen LogP) is 3.13. The summed E-state index contributed by atoms with van der Waals surface area (Å²) in [5.74, 6) is -0.0865. The first kappa shape index (κ1) is 20.3. The molecule has 0 spiro atoms. The number of carbonyl (C=O) groups is 1. The van der Waals surface area contributed by atoms with Gasteiger partial charge in [0.25, 0.3) is 5.91 Å². The minimum atomic E-state index is -3.32. The lowest BCUT2D eigenvalue weighted by molar-refractivity contribution is 0.102. The van der Waals surface area contributed by atoms with E-state index >= 15 is 0 Å². The number of hydrazone groups is 1. The molecular weight excluding hydrogens is 390 g/mol. The van der Waals surface area contributed by atoms with Crippen LogP contribution in [0.1, 0.15) is 29.9 Å². The quantitative estimate of drug-likeness (QED) is 0.292. The van der Waals surface area contributed by atoms with Gasteiger partial charge >= 0.3 is 0 Å². The average molecular weight is 411 g/mol. The second-order valence-electron chi connectivity index (χ2n) is 6.67. The van der Waals surface area contributed by atoms with Gasteiger partial charge < -0.3 is 10.3 Å². The molecule has 0 unspecified atom stereocenters. The van der Waals surface area contributed by atoms with Gasteiger partial charge in [-0.15, -0.1) is 0 Å². The SMILES string of the molecule is CC(=N)N/N=C(\C)c1ccc(NC(=O)c2cc3ccc(S(C)(=O)=O)cc3[nH]2)cc1. The van der Waals surface area contributed by atoms with Crippen molar-refractivity contribution in [1.29, 1.82) is 5.41 Å². The van der Waals surface area contributed by atoms with Crippen molar-refractivity contribution in [3.63, 3.8) is 0 Å². The van der Waals surface area contributed by atoms with Gasteiger partial charge in [-0.25, -0.2) is 8.42 Å². The van der Waals surface area contributed by atoms with Crippen LogP contribution in [0.15, 0.2) is 58.5 Å². The van der Waals surface area contributed by atoms with Crippen LogP contribution in [0.2, 0.25) is 0 Å². The zero-order chi connectivity index (χ0) is 21.2. The summed E-state index contributed by atoms with van der Waals surface area (Å²) in [6.45, 7) is 3.42. The Kier molecular flexibility index (Phi) is 5.51. The van der Waals surface area contributed by atoms with Crippen LogP contribution in [0.4, 0.5) is 5.69 Å². The molecule has 3 aromatic rings.